The van der Waals surface area contributed by atoms with Crippen molar-refractivity contribution in [2.75, 3.05) is 6.61 Å². The predicted octanol–water partition coefficient (Wildman–Crippen LogP) is 4.21. The zero-order valence-electron chi connectivity index (χ0n) is 19.1. The summed E-state index contributed by atoms with van der Waals surface area (Å²) in [5, 5.41) is 15.0. The Hall–Kier alpha value is -3.35. The maximum atomic E-state index is 12.7. The second-order valence-electron chi connectivity index (χ2n) is 9.87. The highest BCUT2D eigenvalue weighted by Gasteiger charge is 2.47. The molecule has 3 aliphatic carbocycles. The summed E-state index contributed by atoms with van der Waals surface area (Å²) < 4.78 is 5.64. The summed E-state index contributed by atoms with van der Waals surface area (Å²) in [6, 6.07) is 16.0. The number of benzene rings is 2. The summed E-state index contributed by atoms with van der Waals surface area (Å²) in [5.74, 6) is -0.911. The van der Waals surface area contributed by atoms with Crippen molar-refractivity contribution in [3.8, 4) is 11.1 Å². The number of carbonyl (C=O) groups is 3. The summed E-state index contributed by atoms with van der Waals surface area (Å²) in [7, 11) is 0. The molecular formula is C27H30N2O5. The van der Waals surface area contributed by atoms with Gasteiger partial charge in [-0.25, -0.2) is 4.79 Å². The fraction of sp³-hybridized carbons (Fsp3) is 0.444. The molecule has 0 bridgehead atoms. The number of rotatable bonds is 9. The van der Waals surface area contributed by atoms with Crippen LogP contribution in [0.5, 0.6) is 0 Å². The Balaban J connectivity index is 1.16. The van der Waals surface area contributed by atoms with Crippen LogP contribution in [0.2, 0.25) is 0 Å². The number of amides is 2. The molecule has 1 atom stereocenters. The summed E-state index contributed by atoms with van der Waals surface area (Å²) in [6.07, 6.45) is 3.93. The Morgan fingerprint density at radius 1 is 1.00 bits per heavy atom. The van der Waals surface area contributed by atoms with E-state index in [2.05, 4.69) is 34.9 Å². The van der Waals surface area contributed by atoms with Crippen LogP contribution in [0.25, 0.3) is 11.1 Å². The Labute approximate surface area is 198 Å². The predicted molar refractivity (Wildman–Crippen MR) is 126 cm³/mol. The second kappa shape index (κ2) is 9.12. The maximum absolute atomic E-state index is 12.7. The third-order valence-electron chi connectivity index (χ3n) is 7.52. The van der Waals surface area contributed by atoms with Gasteiger partial charge >= 0.3 is 12.1 Å². The zero-order valence-corrected chi connectivity index (χ0v) is 19.1. The number of alkyl carbamates (subject to hydrolysis) is 1. The first-order valence-electron chi connectivity index (χ1n) is 12.1. The van der Waals surface area contributed by atoms with Gasteiger partial charge in [0.15, 0.2) is 0 Å². The van der Waals surface area contributed by atoms with Crippen LogP contribution in [0.4, 0.5) is 4.79 Å². The lowest BCUT2D eigenvalue weighted by Gasteiger charge is -2.33. The third-order valence-corrected chi connectivity index (χ3v) is 7.52. The molecule has 0 heterocycles. The molecule has 2 aromatic rings. The lowest BCUT2D eigenvalue weighted by molar-refractivity contribution is -0.138. The van der Waals surface area contributed by atoms with Crippen molar-refractivity contribution in [3.05, 3.63) is 59.7 Å². The van der Waals surface area contributed by atoms with Crippen LogP contribution in [0.1, 0.15) is 62.0 Å². The fourth-order valence-corrected chi connectivity index (χ4v) is 5.28. The SMILES string of the molecule is O=C(O)CC(NC(=O)CC1(NC(=O)OCC2c3ccccc3-c3ccccc32)CC1)C1CCC1. The van der Waals surface area contributed by atoms with E-state index in [1.54, 1.807) is 0 Å². The number of hydrogen-bond acceptors (Lipinski definition) is 4. The highest BCUT2D eigenvalue weighted by atomic mass is 16.5. The van der Waals surface area contributed by atoms with Gasteiger partial charge in [-0.3, -0.25) is 9.59 Å². The molecule has 2 aromatic carbocycles. The average Bonchev–Trinajstić information content (AvgIpc) is 3.42. The van der Waals surface area contributed by atoms with Crippen molar-refractivity contribution in [3.63, 3.8) is 0 Å². The smallest absolute Gasteiger partial charge is 0.407 e. The molecule has 0 radical (unpaired) electrons. The number of hydrogen-bond donors (Lipinski definition) is 3. The van der Waals surface area contributed by atoms with Crippen LogP contribution in [0, 0.1) is 5.92 Å². The van der Waals surface area contributed by atoms with Crippen LogP contribution >= 0.6 is 0 Å². The van der Waals surface area contributed by atoms with E-state index >= 15 is 0 Å². The van der Waals surface area contributed by atoms with Crippen molar-refractivity contribution >= 4 is 18.0 Å². The van der Waals surface area contributed by atoms with E-state index in [0.29, 0.717) is 12.8 Å². The van der Waals surface area contributed by atoms with Gasteiger partial charge in [0.25, 0.3) is 0 Å². The zero-order chi connectivity index (χ0) is 23.7. The van der Waals surface area contributed by atoms with Crippen molar-refractivity contribution in [2.45, 2.75) is 62.4 Å². The van der Waals surface area contributed by atoms with E-state index in [0.717, 1.165) is 30.4 Å². The van der Waals surface area contributed by atoms with Gasteiger partial charge < -0.3 is 20.5 Å². The minimum Gasteiger partial charge on any atom is -0.481 e. The lowest BCUT2D eigenvalue weighted by Crippen LogP contribution is -2.47. The molecule has 3 aliphatic rings. The molecule has 5 rings (SSSR count). The second-order valence-corrected chi connectivity index (χ2v) is 9.87. The molecule has 2 saturated carbocycles. The molecule has 2 fully saturated rings. The number of fused-ring (bicyclic) bond motifs is 3. The van der Waals surface area contributed by atoms with E-state index in [9.17, 15) is 19.5 Å². The molecule has 7 heteroatoms. The maximum Gasteiger partial charge on any atom is 0.407 e. The number of carbonyl (C=O) groups excluding carboxylic acids is 2. The molecule has 7 nitrogen and oxygen atoms in total. The summed E-state index contributed by atoms with van der Waals surface area (Å²) in [6.45, 7) is 0.227. The van der Waals surface area contributed by atoms with Gasteiger partial charge in [-0.1, -0.05) is 55.0 Å². The Morgan fingerprint density at radius 2 is 1.62 bits per heavy atom. The molecule has 0 aromatic heterocycles. The number of carboxylic acid groups (broad SMARTS) is 1. The largest absolute Gasteiger partial charge is 0.481 e. The molecule has 2 amide bonds. The molecular weight excluding hydrogens is 432 g/mol. The minimum atomic E-state index is -0.907. The number of ether oxygens (including phenoxy) is 1. The summed E-state index contributed by atoms with van der Waals surface area (Å²) in [4.78, 5) is 36.5. The van der Waals surface area contributed by atoms with Gasteiger partial charge in [0.1, 0.15) is 6.61 Å². The number of carboxylic acids is 1. The Bertz CT molecular complexity index is 1060. The van der Waals surface area contributed by atoms with E-state index < -0.39 is 17.6 Å². The first-order chi connectivity index (χ1) is 16.4. The van der Waals surface area contributed by atoms with Crippen LogP contribution in [-0.2, 0) is 14.3 Å². The summed E-state index contributed by atoms with van der Waals surface area (Å²) >= 11 is 0. The normalized spacial score (nSPS) is 18.7. The molecule has 178 valence electrons. The minimum absolute atomic E-state index is 0.0177. The van der Waals surface area contributed by atoms with Crippen LogP contribution in [-0.4, -0.2) is 41.3 Å². The quantitative estimate of drug-likeness (QED) is 0.518. The van der Waals surface area contributed by atoms with Gasteiger partial charge in [-0.05, 0) is 53.9 Å². The van der Waals surface area contributed by atoms with Crippen LogP contribution in [0.15, 0.2) is 48.5 Å². The third kappa shape index (κ3) is 4.65. The van der Waals surface area contributed by atoms with Gasteiger partial charge in [-0.2, -0.15) is 0 Å². The molecule has 3 N–H and O–H groups in total. The number of nitrogens with one attached hydrogen (secondary N) is 2. The number of aliphatic carboxylic acids is 1. The molecule has 0 aliphatic heterocycles. The molecule has 34 heavy (non-hydrogen) atoms. The Morgan fingerprint density at radius 3 is 2.15 bits per heavy atom. The highest BCUT2D eigenvalue weighted by Crippen LogP contribution is 2.45. The van der Waals surface area contributed by atoms with Gasteiger partial charge in [0, 0.05) is 18.4 Å². The average molecular weight is 463 g/mol. The van der Waals surface area contributed by atoms with Crippen molar-refractivity contribution in [2.24, 2.45) is 5.92 Å². The Kier molecular flexibility index (Phi) is 6.02. The standard InChI is InChI=1S/C27H30N2O5/c30-24(28-23(14-25(31)32)17-6-5-7-17)15-27(12-13-27)29-26(33)34-16-22-20-10-3-1-8-18(20)19-9-2-4-11-21(19)22/h1-4,8-11,17,22-23H,5-7,12-16H2,(H,28,30)(H,29,33)(H,31,32). The molecule has 1 unspecified atom stereocenters. The van der Waals surface area contributed by atoms with Crippen LogP contribution < -0.4 is 10.6 Å². The first-order valence-corrected chi connectivity index (χ1v) is 12.1. The summed E-state index contributed by atoms with van der Waals surface area (Å²) in [5.41, 5.74) is 4.05. The van der Waals surface area contributed by atoms with Crippen LogP contribution in [0.3, 0.4) is 0 Å². The van der Waals surface area contributed by atoms with Gasteiger partial charge in [-0.15, -0.1) is 0 Å². The van der Waals surface area contributed by atoms with Crippen molar-refractivity contribution in [1.82, 2.24) is 10.6 Å². The van der Waals surface area contributed by atoms with E-state index in [1.807, 2.05) is 24.3 Å². The molecule has 0 spiro atoms. The lowest BCUT2D eigenvalue weighted by atomic mass is 9.78. The highest BCUT2D eigenvalue weighted by molar-refractivity contribution is 5.81. The molecule has 0 saturated heterocycles. The van der Waals surface area contributed by atoms with E-state index in [4.69, 9.17) is 4.74 Å². The van der Waals surface area contributed by atoms with Crippen molar-refractivity contribution in [1.29, 1.82) is 0 Å². The van der Waals surface area contributed by atoms with Gasteiger partial charge in [0.05, 0.1) is 12.0 Å². The topological polar surface area (TPSA) is 105 Å². The van der Waals surface area contributed by atoms with E-state index in [-0.39, 0.29) is 43.2 Å². The van der Waals surface area contributed by atoms with Crippen molar-refractivity contribution < 1.29 is 24.2 Å². The van der Waals surface area contributed by atoms with E-state index in [1.165, 1.54) is 11.1 Å². The fourth-order valence-electron chi connectivity index (χ4n) is 5.28. The van der Waals surface area contributed by atoms with Gasteiger partial charge in [0.2, 0.25) is 5.91 Å². The monoisotopic (exact) mass is 462 g/mol. The first kappa shape index (κ1) is 22.4.